The standard InChI is InChI=1S/C24H28N2O3S/c1-18-24(25-23(30-18)17-20-5-3-4-6-22(20)27-2)19-7-9-21(10-8-19)29-16-13-26-11-14-28-15-12-26/h3-10H,11-17H2,1-2H3. The lowest BCUT2D eigenvalue weighted by molar-refractivity contribution is 0.0322. The predicted octanol–water partition coefficient (Wildman–Crippen LogP) is 4.43. The van der Waals surface area contributed by atoms with Gasteiger partial charge in [-0.2, -0.15) is 0 Å². The Hall–Kier alpha value is -2.41. The Balaban J connectivity index is 1.38. The van der Waals surface area contributed by atoms with Gasteiger partial charge in [-0.05, 0) is 37.3 Å². The monoisotopic (exact) mass is 424 g/mol. The van der Waals surface area contributed by atoms with Gasteiger partial charge in [0.2, 0.25) is 0 Å². The van der Waals surface area contributed by atoms with Gasteiger partial charge in [0.15, 0.2) is 0 Å². The van der Waals surface area contributed by atoms with Crippen molar-refractivity contribution < 1.29 is 14.2 Å². The normalized spacial score (nSPS) is 14.6. The zero-order valence-corrected chi connectivity index (χ0v) is 18.4. The van der Waals surface area contributed by atoms with E-state index in [2.05, 4.69) is 30.0 Å². The van der Waals surface area contributed by atoms with Gasteiger partial charge in [0.25, 0.3) is 0 Å². The van der Waals surface area contributed by atoms with E-state index in [1.165, 1.54) is 4.88 Å². The third-order valence-electron chi connectivity index (χ3n) is 5.28. The first-order valence-electron chi connectivity index (χ1n) is 10.3. The highest BCUT2D eigenvalue weighted by atomic mass is 32.1. The highest BCUT2D eigenvalue weighted by Gasteiger charge is 2.13. The third-order valence-corrected chi connectivity index (χ3v) is 6.25. The number of benzene rings is 2. The molecule has 0 N–H and O–H groups in total. The van der Waals surface area contributed by atoms with Crippen molar-refractivity contribution in [3.05, 3.63) is 64.0 Å². The van der Waals surface area contributed by atoms with Crippen molar-refractivity contribution in [2.24, 2.45) is 0 Å². The summed E-state index contributed by atoms with van der Waals surface area (Å²) >= 11 is 1.74. The van der Waals surface area contributed by atoms with Crippen LogP contribution in [0.1, 0.15) is 15.4 Å². The minimum Gasteiger partial charge on any atom is -0.496 e. The van der Waals surface area contributed by atoms with Crippen LogP contribution in [-0.4, -0.2) is 56.4 Å². The molecule has 0 amide bonds. The largest absolute Gasteiger partial charge is 0.496 e. The van der Waals surface area contributed by atoms with Crippen LogP contribution in [-0.2, 0) is 11.2 Å². The van der Waals surface area contributed by atoms with Crippen LogP contribution in [0.4, 0.5) is 0 Å². The lowest BCUT2D eigenvalue weighted by Crippen LogP contribution is -2.38. The number of hydrogen-bond donors (Lipinski definition) is 0. The van der Waals surface area contributed by atoms with E-state index in [0.29, 0.717) is 6.61 Å². The van der Waals surface area contributed by atoms with Gasteiger partial charge >= 0.3 is 0 Å². The molecule has 0 bridgehead atoms. The molecule has 6 heteroatoms. The maximum Gasteiger partial charge on any atom is 0.122 e. The van der Waals surface area contributed by atoms with Crippen molar-refractivity contribution in [2.45, 2.75) is 13.3 Å². The average Bonchev–Trinajstić information content (AvgIpc) is 3.15. The Morgan fingerprint density at radius 3 is 2.60 bits per heavy atom. The van der Waals surface area contributed by atoms with E-state index in [-0.39, 0.29) is 0 Å². The molecule has 0 atom stereocenters. The molecule has 0 spiro atoms. The van der Waals surface area contributed by atoms with E-state index in [1.54, 1.807) is 18.4 Å². The summed E-state index contributed by atoms with van der Waals surface area (Å²) in [6.07, 6.45) is 0.776. The zero-order valence-electron chi connectivity index (χ0n) is 17.6. The summed E-state index contributed by atoms with van der Waals surface area (Å²) in [4.78, 5) is 8.51. The summed E-state index contributed by atoms with van der Waals surface area (Å²) in [7, 11) is 1.71. The van der Waals surface area contributed by atoms with Crippen LogP contribution in [0.5, 0.6) is 11.5 Å². The van der Waals surface area contributed by atoms with Crippen LogP contribution in [0.2, 0.25) is 0 Å². The highest BCUT2D eigenvalue weighted by Crippen LogP contribution is 2.31. The van der Waals surface area contributed by atoms with Crippen LogP contribution < -0.4 is 9.47 Å². The maximum absolute atomic E-state index is 5.93. The first-order valence-corrected chi connectivity index (χ1v) is 11.2. The zero-order chi connectivity index (χ0) is 20.8. The van der Waals surface area contributed by atoms with Gasteiger partial charge in [0.1, 0.15) is 18.1 Å². The molecule has 1 saturated heterocycles. The summed E-state index contributed by atoms with van der Waals surface area (Å²) in [5, 5.41) is 1.10. The first-order chi connectivity index (χ1) is 14.7. The lowest BCUT2D eigenvalue weighted by Gasteiger charge is -2.26. The van der Waals surface area contributed by atoms with Crippen molar-refractivity contribution in [1.82, 2.24) is 9.88 Å². The Kier molecular flexibility index (Phi) is 7.00. The van der Waals surface area contributed by atoms with Gasteiger partial charge in [0, 0.05) is 42.1 Å². The van der Waals surface area contributed by atoms with E-state index in [9.17, 15) is 0 Å². The third kappa shape index (κ3) is 5.19. The summed E-state index contributed by atoms with van der Waals surface area (Å²) in [6, 6.07) is 16.4. The molecule has 0 saturated carbocycles. The minimum absolute atomic E-state index is 0.693. The van der Waals surface area contributed by atoms with Crippen molar-refractivity contribution in [3.8, 4) is 22.8 Å². The summed E-state index contributed by atoms with van der Waals surface area (Å²) in [5.74, 6) is 1.81. The second-order valence-corrected chi connectivity index (χ2v) is 8.62. The number of aryl methyl sites for hydroxylation is 1. The molecule has 5 nitrogen and oxygen atoms in total. The lowest BCUT2D eigenvalue weighted by atomic mass is 10.1. The van der Waals surface area contributed by atoms with Crippen LogP contribution in [0.3, 0.4) is 0 Å². The fourth-order valence-corrected chi connectivity index (χ4v) is 4.61. The van der Waals surface area contributed by atoms with Crippen molar-refractivity contribution in [3.63, 3.8) is 0 Å². The van der Waals surface area contributed by atoms with Crippen molar-refractivity contribution >= 4 is 11.3 Å². The van der Waals surface area contributed by atoms with E-state index < -0.39 is 0 Å². The van der Waals surface area contributed by atoms with Crippen molar-refractivity contribution in [1.29, 1.82) is 0 Å². The van der Waals surface area contributed by atoms with Gasteiger partial charge in [-0.25, -0.2) is 4.98 Å². The SMILES string of the molecule is COc1ccccc1Cc1nc(-c2ccc(OCCN3CCOCC3)cc2)c(C)s1. The molecule has 4 rings (SSSR count). The number of rotatable bonds is 8. The number of thiazole rings is 1. The number of methoxy groups -OCH3 is 1. The fourth-order valence-electron chi connectivity index (χ4n) is 3.63. The summed E-state index contributed by atoms with van der Waals surface area (Å²) < 4.78 is 16.8. The van der Waals surface area contributed by atoms with Crippen LogP contribution in [0.15, 0.2) is 48.5 Å². The van der Waals surface area contributed by atoms with Gasteiger partial charge in [0.05, 0.1) is 31.0 Å². The Bertz CT molecular complexity index is 949. The van der Waals surface area contributed by atoms with Crippen LogP contribution in [0.25, 0.3) is 11.3 Å². The number of ether oxygens (including phenoxy) is 3. The quantitative estimate of drug-likeness (QED) is 0.535. The van der Waals surface area contributed by atoms with Gasteiger partial charge in [-0.1, -0.05) is 18.2 Å². The van der Waals surface area contributed by atoms with Crippen LogP contribution in [0, 0.1) is 6.92 Å². The molecule has 30 heavy (non-hydrogen) atoms. The number of nitrogens with zero attached hydrogens (tertiary/aromatic N) is 2. The molecule has 1 aromatic heterocycles. The summed E-state index contributed by atoms with van der Waals surface area (Å²) in [6.45, 7) is 7.37. The molecule has 0 aliphatic carbocycles. The van der Waals surface area contributed by atoms with E-state index in [4.69, 9.17) is 19.2 Å². The van der Waals surface area contributed by atoms with E-state index in [0.717, 1.165) is 72.6 Å². The summed E-state index contributed by atoms with van der Waals surface area (Å²) in [5.41, 5.74) is 3.32. The molecule has 2 aromatic carbocycles. The predicted molar refractivity (Wildman–Crippen MR) is 121 cm³/mol. The second-order valence-electron chi connectivity index (χ2n) is 7.33. The molecule has 0 unspecified atom stereocenters. The van der Waals surface area contributed by atoms with Gasteiger partial charge < -0.3 is 14.2 Å². The van der Waals surface area contributed by atoms with Crippen LogP contribution >= 0.6 is 11.3 Å². The molecule has 3 aromatic rings. The van der Waals surface area contributed by atoms with Gasteiger partial charge in [-0.3, -0.25) is 4.90 Å². The molecule has 1 aliphatic heterocycles. The number of morpholine rings is 1. The molecule has 1 fully saturated rings. The number of hydrogen-bond acceptors (Lipinski definition) is 6. The second kappa shape index (κ2) is 10.1. The molecule has 2 heterocycles. The van der Waals surface area contributed by atoms with E-state index in [1.807, 2.05) is 30.3 Å². The maximum atomic E-state index is 5.93. The molecular formula is C24H28N2O3S. The van der Waals surface area contributed by atoms with E-state index >= 15 is 0 Å². The molecule has 1 aliphatic rings. The molecular weight excluding hydrogens is 396 g/mol. The Morgan fingerprint density at radius 2 is 1.83 bits per heavy atom. The van der Waals surface area contributed by atoms with Gasteiger partial charge in [-0.15, -0.1) is 11.3 Å². The Labute approximate surface area is 182 Å². The smallest absolute Gasteiger partial charge is 0.122 e. The fraction of sp³-hybridized carbons (Fsp3) is 0.375. The average molecular weight is 425 g/mol. The minimum atomic E-state index is 0.693. The number of aromatic nitrogens is 1. The molecule has 0 radical (unpaired) electrons. The first kappa shape index (κ1) is 20.8. The number of para-hydroxylation sites is 1. The molecule has 158 valence electrons. The highest BCUT2D eigenvalue weighted by molar-refractivity contribution is 7.12. The topological polar surface area (TPSA) is 43.8 Å². The van der Waals surface area contributed by atoms with Crippen molar-refractivity contribution in [2.75, 3.05) is 46.6 Å². The Morgan fingerprint density at radius 1 is 1.07 bits per heavy atom.